The molecule has 0 saturated heterocycles. The molecular formula is C20H30IN5. The molecule has 0 saturated carbocycles. The monoisotopic (exact) mass is 467 g/mol. The molecule has 5 nitrogen and oxygen atoms in total. The molecule has 1 atom stereocenters. The van der Waals surface area contributed by atoms with Crippen LogP contribution in [0.3, 0.4) is 0 Å². The minimum Gasteiger partial charge on any atom is -0.356 e. The average molecular weight is 467 g/mol. The Morgan fingerprint density at radius 3 is 2.73 bits per heavy atom. The molecule has 1 aliphatic carbocycles. The van der Waals surface area contributed by atoms with Gasteiger partial charge in [-0.25, -0.2) is 0 Å². The molecule has 142 valence electrons. The van der Waals surface area contributed by atoms with E-state index < -0.39 is 0 Å². The van der Waals surface area contributed by atoms with Crippen LogP contribution in [-0.4, -0.2) is 29.3 Å². The van der Waals surface area contributed by atoms with Gasteiger partial charge in [0.05, 0.1) is 5.69 Å². The minimum atomic E-state index is 0. The molecule has 3 rings (SSSR count). The predicted molar refractivity (Wildman–Crippen MR) is 118 cm³/mol. The molecule has 0 spiro atoms. The predicted octanol–water partition coefficient (Wildman–Crippen LogP) is 3.44. The van der Waals surface area contributed by atoms with Gasteiger partial charge in [0.1, 0.15) is 0 Å². The van der Waals surface area contributed by atoms with E-state index in [1.165, 1.54) is 41.6 Å². The molecule has 0 bridgehead atoms. The van der Waals surface area contributed by atoms with Crippen molar-refractivity contribution >= 4 is 29.9 Å². The highest BCUT2D eigenvalue weighted by Crippen LogP contribution is 2.30. The third-order valence-corrected chi connectivity index (χ3v) is 5.32. The number of aliphatic imine (C=N–C) groups is 1. The number of benzene rings is 1. The summed E-state index contributed by atoms with van der Waals surface area (Å²) >= 11 is 0. The van der Waals surface area contributed by atoms with E-state index >= 15 is 0 Å². The first-order valence-corrected chi connectivity index (χ1v) is 9.11. The summed E-state index contributed by atoms with van der Waals surface area (Å²) in [5.41, 5.74) is 6.51. The Kier molecular flexibility index (Phi) is 7.49. The summed E-state index contributed by atoms with van der Waals surface area (Å²) in [6.45, 7) is 5.82. The lowest BCUT2D eigenvalue weighted by atomic mass is 9.83. The van der Waals surface area contributed by atoms with Crippen molar-refractivity contribution in [2.75, 3.05) is 13.6 Å². The summed E-state index contributed by atoms with van der Waals surface area (Å²) in [5, 5.41) is 11.4. The fourth-order valence-corrected chi connectivity index (χ4v) is 3.75. The smallest absolute Gasteiger partial charge is 0.191 e. The maximum atomic E-state index is 4.48. The van der Waals surface area contributed by atoms with Crippen molar-refractivity contribution in [2.24, 2.45) is 12.0 Å². The molecule has 2 aromatic rings. The molecule has 1 heterocycles. The second kappa shape index (κ2) is 9.39. The van der Waals surface area contributed by atoms with Crippen molar-refractivity contribution in [1.82, 2.24) is 20.4 Å². The third kappa shape index (κ3) is 4.58. The number of fused-ring (bicyclic) bond motifs is 1. The van der Waals surface area contributed by atoms with Gasteiger partial charge in [0.2, 0.25) is 0 Å². The zero-order valence-electron chi connectivity index (χ0n) is 16.2. The first kappa shape index (κ1) is 20.7. The standard InChI is InChI=1S/C20H29N5.HI/c1-14-19(15(2)25(4)24-14)13-23-20(21-3)22-12-17-10-7-9-16-8-5-6-11-18(16)17;/h5-6,8,11,17H,7,9-10,12-13H2,1-4H3,(H2,21,22,23);1H. The van der Waals surface area contributed by atoms with E-state index in [9.17, 15) is 0 Å². The summed E-state index contributed by atoms with van der Waals surface area (Å²) in [4.78, 5) is 4.38. The number of halogens is 1. The summed E-state index contributed by atoms with van der Waals surface area (Å²) in [6, 6.07) is 8.84. The molecule has 0 aliphatic heterocycles. The van der Waals surface area contributed by atoms with E-state index in [2.05, 4.69) is 58.8 Å². The maximum Gasteiger partial charge on any atom is 0.191 e. The van der Waals surface area contributed by atoms with Gasteiger partial charge in [-0.15, -0.1) is 24.0 Å². The van der Waals surface area contributed by atoms with Crippen LogP contribution in [0.5, 0.6) is 0 Å². The van der Waals surface area contributed by atoms with Crippen molar-refractivity contribution < 1.29 is 0 Å². The Labute approximate surface area is 173 Å². The van der Waals surface area contributed by atoms with Gasteiger partial charge in [-0.1, -0.05) is 24.3 Å². The van der Waals surface area contributed by atoms with Gasteiger partial charge < -0.3 is 10.6 Å². The van der Waals surface area contributed by atoms with Gasteiger partial charge in [0.25, 0.3) is 0 Å². The second-order valence-corrected chi connectivity index (χ2v) is 6.87. The van der Waals surface area contributed by atoms with Gasteiger partial charge in [0, 0.05) is 44.4 Å². The molecular weight excluding hydrogens is 437 g/mol. The van der Waals surface area contributed by atoms with Crippen molar-refractivity contribution in [2.45, 2.75) is 45.6 Å². The van der Waals surface area contributed by atoms with Gasteiger partial charge in [-0.2, -0.15) is 5.10 Å². The molecule has 1 aliphatic rings. The Morgan fingerprint density at radius 2 is 2.04 bits per heavy atom. The van der Waals surface area contributed by atoms with Crippen LogP contribution in [-0.2, 0) is 20.0 Å². The van der Waals surface area contributed by atoms with E-state index in [4.69, 9.17) is 0 Å². The molecule has 2 N–H and O–H groups in total. The zero-order chi connectivity index (χ0) is 17.8. The summed E-state index contributed by atoms with van der Waals surface area (Å²) < 4.78 is 1.93. The number of aryl methyl sites for hydroxylation is 3. The minimum absolute atomic E-state index is 0. The lowest BCUT2D eigenvalue weighted by Crippen LogP contribution is -2.39. The fraction of sp³-hybridized carbons (Fsp3) is 0.500. The van der Waals surface area contributed by atoms with Crippen LogP contribution in [0.4, 0.5) is 0 Å². The van der Waals surface area contributed by atoms with E-state index in [-0.39, 0.29) is 24.0 Å². The topological polar surface area (TPSA) is 54.2 Å². The number of hydrogen-bond donors (Lipinski definition) is 2. The number of nitrogens with zero attached hydrogens (tertiary/aromatic N) is 3. The van der Waals surface area contributed by atoms with E-state index in [1.54, 1.807) is 0 Å². The van der Waals surface area contributed by atoms with Crippen LogP contribution in [0.25, 0.3) is 0 Å². The molecule has 6 heteroatoms. The number of hydrogen-bond acceptors (Lipinski definition) is 2. The molecule has 1 aromatic heterocycles. The van der Waals surface area contributed by atoms with Crippen molar-refractivity contribution in [3.63, 3.8) is 0 Å². The first-order valence-electron chi connectivity index (χ1n) is 9.11. The van der Waals surface area contributed by atoms with Crippen LogP contribution in [0.2, 0.25) is 0 Å². The maximum absolute atomic E-state index is 4.48. The lowest BCUT2D eigenvalue weighted by molar-refractivity contribution is 0.539. The van der Waals surface area contributed by atoms with Crippen LogP contribution in [0.15, 0.2) is 29.3 Å². The van der Waals surface area contributed by atoms with Crippen molar-refractivity contribution in [3.05, 3.63) is 52.3 Å². The second-order valence-electron chi connectivity index (χ2n) is 6.87. The van der Waals surface area contributed by atoms with Crippen LogP contribution < -0.4 is 10.6 Å². The number of guanidine groups is 1. The fourth-order valence-electron chi connectivity index (χ4n) is 3.75. The van der Waals surface area contributed by atoms with Crippen LogP contribution in [0, 0.1) is 13.8 Å². The van der Waals surface area contributed by atoms with Gasteiger partial charge >= 0.3 is 0 Å². The lowest BCUT2D eigenvalue weighted by Gasteiger charge is -2.26. The van der Waals surface area contributed by atoms with Crippen LogP contribution in [0.1, 0.15) is 46.8 Å². The van der Waals surface area contributed by atoms with Crippen molar-refractivity contribution in [3.8, 4) is 0 Å². The molecule has 0 amide bonds. The largest absolute Gasteiger partial charge is 0.356 e. The normalized spacial score (nSPS) is 16.6. The SMILES string of the molecule is CN=C(NCc1c(C)nn(C)c1C)NCC1CCCc2ccccc21.I. The van der Waals surface area contributed by atoms with Crippen LogP contribution >= 0.6 is 24.0 Å². The number of rotatable bonds is 4. The molecule has 1 aromatic carbocycles. The summed E-state index contributed by atoms with van der Waals surface area (Å²) in [6.07, 6.45) is 3.71. The Bertz CT molecular complexity index is 766. The van der Waals surface area contributed by atoms with Gasteiger partial charge in [-0.05, 0) is 44.2 Å². The van der Waals surface area contributed by atoms with E-state index in [0.29, 0.717) is 5.92 Å². The number of aromatic nitrogens is 2. The highest BCUT2D eigenvalue weighted by Gasteiger charge is 2.20. The zero-order valence-corrected chi connectivity index (χ0v) is 18.5. The molecule has 0 radical (unpaired) electrons. The van der Waals surface area contributed by atoms with E-state index in [1.807, 2.05) is 18.8 Å². The summed E-state index contributed by atoms with van der Waals surface area (Å²) in [5.74, 6) is 1.41. The van der Waals surface area contributed by atoms with Crippen molar-refractivity contribution in [1.29, 1.82) is 0 Å². The Morgan fingerprint density at radius 1 is 1.27 bits per heavy atom. The Balaban J connectivity index is 0.00000243. The number of nitrogens with one attached hydrogen (secondary N) is 2. The highest BCUT2D eigenvalue weighted by atomic mass is 127. The van der Waals surface area contributed by atoms with Gasteiger partial charge in [-0.3, -0.25) is 9.67 Å². The molecule has 1 unspecified atom stereocenters. The summed E-state index contributed by atoms with van der Waals surface area (Å²) in [7, 11) is 3.81. The Hall–Kier alpha value is -1.57. The quantitative estimate of drug-likeness (QED) is 0.412. The average Bonchev–Trinajstić information content (AvgIpc) is 2.87. The molecule has 0 fully saturated rings. The highest BCUT2D eigenvalue weighted by molar-refractivity contribution is 14.0. The third-order valence-electron chi connectivity index (χ3n) is 5.32. The van der Waals surface area contributed by atoms with E-state index in [0.717, 1.165) is 24.7 Å². The molecule has 26 heavy (non-hydrogen) atoms. The van der Waals surface area contributed by atoms with Gasteiger partial charge in [0.15, 0.2) is 5.96 Å². The first-order chi connectivity index (χ1) is 12.1.